The average Bonchev–Trinajstić information content (AvgIpc) is 2.65. The number of alkyl halides is 1. The number of hydrogen-bond donors (Lipinski definition) is 1. The molecule has 0 spiro atoms. The lowest BCUT2D eigenvalue weighted by atomic mass is 10.2. The highest BCUT2D eigenvalue weighted by molar-refractivity contribution is 9.11. The van der Waals surface area contributed by atoms with Gasteiger partial charge in [-0.25, -0.2) is 0 Å². The first-order valence-electron chi connectivity index (χ1n) is 4.78. The van der Waals surface area contributed by atoms with Crippen molar-refractivity contribution in [3.05, 3.63) is 20.8 Å². The summed E-state index contributed by atoms with van der Waals surface area (Å²) < 4.78 is 6.02. The summed E-state index contributed by atoms with van der Waals surface area (Å²) in [5.74, 6) is -0.0429. The van der Waals surface area contributed by atoms with E-state index in [0.717, 1.165) is 15.5 Å². The number of amides is 1. The first-order valence-corrected chi connectivity index (χ1v) is 7.51. The fourth-order valence-corrected chi connectivity index (χ4v) is 3.06. The van der Waals surface area contributed by atoms with Crippen LogP contribution in [0.1, 0.15) is 16.1 Å². The molecule has 3 nitrogen and oxygen atoms in total. The highest BCUT2D eigenvalue weighted by atomic mass is 79.9. The quantitative estimate of drug-likeness (QED) is 0.781. The lowest BCUT2D eigenvalue weighted by molar-refractivity contribution is 0.0899. The number of carbonyl (C=O) groups excluding carboxylic acids is 1. The molecule has 0 fully saturated rings. The third kappa shape index (κ3) is 4.53. The molecule has 0 bridgehead atoms. The molecule has 1 atom stereocenters. The van der Waals surface area contributed by atoms with E-state index in [0.29, 0.717) is 11.5 Å². The molecule has 1 rings (SSSR count). The maximum Gasteiger partial charge on any atom is 0.261 e. The summed E-state index contributed by atoms with van der Waals surface area (Å²) >= 11 is 8.12. The Balaban J connectivity index is 2.54. The summed E-state index contributed by atoms with van der Waals surface area (Å²) in [6.45, 7) is 0.532. The summed E-state index contributed by atoms with van der Waals surface area (Å²) in [5.41, 5.74) is 0. The fraction of sp³-hybridized carbons (Fsp3) is 0.500. The van der Waals surface area contributed by atoms with Crippen molar-refractivity contribution in [2.75, 3.05) is 19.0 Å². The number of thiophene rings is 1. The monoisotopic (exact) mass is 369 g/mol. The maximum absolute atomic E-state index is 11.8. The number of halogens is 2. The van der Waals surface area contributed by atoms with Crippen LogP contribution < -0.4 is 5.32 Å². The van der Waals surface area contributed by atoms with Gasteiger partial charge in [0, 0.05) is 12.4 Å². The van der Waals surface area contributed by atoms with Crippen LogP contribution in [-0.2, 0) is 4.74 Å². The van der Waals surface area contributed by atoms with Gasteiger partial charge in [-0.1, -0.05) is 15.9 Å². The number of rotatable bonds is 6. The minimum atomic E-state index is -0.0429. The molecule has 0 saturated heterocycles. The Kier molecular flexibility index (Phi) is 6.57. The van der Waals surface area contributed by atoms with Gasteiger partial charge in [-0.3, -0.25) is 4.79 Å². The molecule has 6 heteroatoms. The summed E-state index contributed by atoms with van der Waals surface area (Å²) in [7, 11) is 1.63. The van der Waals surface area contributed by atoms with Crippen LogP contribution >= 0.6 is 43.2 Å². The lowest BCUT2D eigenvalue weighted by Gasteiger charge is -2.16. The van der Waals surface area contributed by atoms with Gasteiger partial charge >= 0.3 is 0 Å². The van der Waals surface area contributed by atoms with Crippen molar-refractivity contribution in [2.24, 2.45) is 0 Å². The normalized spacial score (nSPS) is 12.4. The Hall–Kier alpha value is 0.0900. The largest absolute Gasteiger partial charge is 0.383 e. The fourth-order valence-electron chi connectivity index (χ4n) is 1.22. The smallest absolute Gasteiger partial charge is 0.261 e. The van der Waals surface area contributed by atoms with Crippen LogP contribution in [0.25, 0.3) is 0 Å². The summed E-state index contributed by atoms with van der Waals surface area (Å²) in [6.07, 6.45) is 0.853. The number of carbonyl (C=O) groups is 1. The van der Waals surface area contributed by atoms with Crippen molar-refractivity contribution in [1.82, 2.24) is 5.32 Å². The molecule has 0 radical (unpaired) electrons. The van der Waals surface area contributed by atoms with Gasteiger partial charge in [-0.2, -0.15) is 0 Å². The van der Waals surface area contributed by atoms with Crippen molar-refractivity contribution < 1.29 is 9.53 Å². The highest BCUT2D eigenvalue weighted by Gasteiger charge is 2.14. The molecule has 1 heterocycles. The molecule has 90 valence electrons. The molecular weight excluding hydrogens is 358 g/mol. The van der Waals surface area contributed by atoms with Gasteiger partial charge in [0.25, 0.3) is 5.91 Å². The van der Waals surface area contributed by atoms with E-state index in [2.05, 4.69) is 37.2 Å². The van der Waals surface area contributed by atoms with Gasteiger partial charge in [0.15, 0.2) is 0 Å². The highest BCUT2D eigenvalue weighted by Crippen LogP contribution is 2.22. The van der Waals surface area contributed by atoms with Gasteiger partial charge < -0.3 is 10.1 Å². The van der Waals surface area contributed by atoms with E-state index in [1.54, 1.807) is 7.11 Å². The lowest BCUT2D eigenvalue weighted by Crippen LogP contribution is -2.37. The first-order chi connectivity index (χ1) is 7.67. The Morgan fingerprint density at radius 3 is 2.88 bits per heavy atom. The van der Waals surface area contributed by atoms with E-state index in [1.165, 1.54) is 11.3 Å². The van der Waals surface area contributed by atoms with Gasteiger partial charge in [0.2, 0.25) is 0 Å². The molecule has 1 aromatic heterocycles. The topological polar surface area (TPSA) is 38.3 Å². The van der Waals surface area contributed by atoms with Crippen LogP contribution in [0.4, 0.5) is 0 Å². The molecular formula is C10H13Br2NO2S. The molecule has 1 amide bonds. The van der Waals surface area contributed by atoms with E-state index < -0.39 is 0 Å². The number of hydrogen-bond acceptors (Lipinski definition) is 3. The van der Waals surface area contributed by atoms with Crippen molar-refractivity contribution in [2.45, 2.75) is 12.5 Å². The van der Waals surface area contributed by atoms with Gasteiger partial charge in [0.05, 0.1) is 21.3 Å². The van der Waals surface area contributed by atoms with Gasteiger partial charge in [-0.15, -0.1) is 11.3 Å². The third-order valence-corrected chi connectivity index (χ3v) is 4.04. The van der Waals surface area contributed by atoms with Crippen LogP contribution in [-0.4, -0.2) is 31.0 Å². The van der Waals surface area contributed by atoms with E-state index in [-0.39, 0.29) is 11.9 Å². The number of methoxy groups -OCH3 is 1. The van der Waals surface area contributed by atoms with Crippen LogP contribution in [0.2, 0.25) is 0 Å². The van der Waals surface area contributed by atoms with Crippen LogP contribution in [0.3, 0.4) is 0 Å². The zero-order valence-corrected chi connectivity index (χ0v) is 12.8. The number of ether oxygens (including phenoxy) is 1. The van der Waals surface area contributed by atoms with Crippen molar-refractivity contribution in [3.8, 4) is 0 Å². The third-order valence-electron chi connectivity index (χ3n) is 1.96. The first kappa shape index (κ1) is 14.2. The second kappa shape index (κ2) is 7.42. The standard InChI is InChI=1S/C10H13Br2NO2S/c1-15-6-7(4-5-11)13-10(14)8-2-3-9(12)16-8/h2-3,7H,4-6H2,1H3,(H,13,14). The molecule has 0 aromatic carbocycles. The minimum Gasteiger partial charge on any atom is -0.383 e. The Labute approximate surface area is 116 Å². The van der Waals surface area contributed by atoms with Crippen LogP contribution in [0, 0.1) is 0 Å². The van der Waals surface area contributed by atoms with E-state index in [4.69, 9.17) is 4.74 Å². The van der Waals surface area contributed by atoms with Crippen molar-refractivity contribution in [1.29, 1.82) is 0 Å². The minimum absolute atomic E-state index is 0.0429. The van der Waals surface area contributed by atoms with Crippen molar-refractivity contribution in [3.63, 3.8) is 0 Å². The second-order valence-corrected chi connectivity index (χ2v) is 6.46. The average molecular weight is 371 g/mol. The van der Waals surface area contributed by atoms with E-state index >= 15 is 0 Å². The molecule has 1 aromatic rings. The zero-order chi connectivity index (χ0) is 12.0. The maximum atomic E-state index is 11.8. The SMILES string of the molecule is COCC(CCBr)NC(=O)c1ccc(Br)s1. The van der Waals surface area contributed by atoms with Crippen LogP contribution in [0.5, 0.6) is 0 Å². The van der Waals surface area contributed by atoms with E-state index in [1.807, 2.05) is 12.1 Å². The Morgan fingerprint density at radius 1 is 1.62 bits per heavy atom. The summed E-state index contributed by atoms with van der Waals surface area (Å²) in [6, 6.07) is 3.73. The Bertz CT molecular complexity index is 337. The molecule has 16 heavy (non-hydrogen) atoms. The molecule has 0 aliphatic heterocycles. The predicted octanol–water partition coefficient (Wildman–Crippen LogP) is 3.04. The second-order valence-electron chi connectivity index (χ2n) is 3.21. The number of nitrogens with one attached hydrogen (secondary N) is 1. The van der Waals surface area contributed by atoms with Crippen molar-refractivity contribution >= 4 is 49.1 Å². The Morgan fingerprint density at radius 2 is 2.38 bits per heavy atom. The van der Waals surface area contributed by atoms with Gasteiger partial charge in [0.1, 0.15) is 0 Å². The molecule has 0 aliphatic carbocycles. The molecule has 0 aliphatic rings. The summed E-state index contributed by atoms with van der Waals surface area (Å²) in [5, 5.41) is 3.79. The van der Waals surface area contributed by atoms with Gasteiger partial charge in [-0.05, 0) is 34.5 Å². The van der Waals surface area contributed by atoms with Crippen LogP contribution in [0.15, 0.2) is 15.9 Å². The predicted molar refractivity (Wildman–Crippen MR) is 73.6 cm³/mol. The zero-order valence-electron chi connectivity index (χ0n) is 8.83. The molecule has 0 saturated carbocycles. The molecule has 1 N–H and O–H groups in total. The van der Waals surface area contributed by atoms with E-state index in [9.17, 15) is 4.79 Å². The molecule has 1 unspecified atom stereocenters. The summed E-state index contributed by atoms with van der Waals surface area (Å²) in [4.78, 5) is 12.5.